The Hall–Kier alpha value is -1.90. The maximum absolute atomic E-state index is 12.5. The second-order valence-corrected chi connectivity index (χ2v) is 6.25. The lowest BCUT2D eigenvalue weighted by Gasteiger charge is -2.17. The van der Waals surface area contributed by atoms with Gasteiger partial charge in [0.2, 0.25) is 11.8 Å². The summed E-state index contributed by atoms with van der Waals surface area (Å²) in [5.74, 6) is 0.509. The van der Waals surface area contributed by atoms with Crippen molar-refractivity contribution in [1.29, 1.82) is 0 Å². The third kappa shape index (κ3) is 1.52. The Bertz CT molecular complexity index is 604. The maximum atomic E-state index is 12.5. The number of amides is 2. The molecule has 3 aliphatic rings. The molecule has 1 aromatic rings. The number of imide groups is 1. The number of likely N-dealkylation sites (tertiary alicyclic amines) is 1. The van der Waals surface area contributed by atoms with Gasteiger partial charge in [-0.15, -0.1) is 0 Å². The molecule has 1 aliphatic heterocycles. The normalized spacial score (nSPS) is 34.1. The molecular weight excluding hydrogens is 250 g/mol. The molecule has 0 spiro atoms. The minimum absolute atomic E-state index is 0.0401. The fourth-order valence-electron chi connectivity index (χ4n) is 4.11. The van der Waals surface area contributed by atoms with Gasteiger partial charge >= 0.3 is 0 Å². The van der Waals surface area contributed by atoms with Crippen LogP contribution in [0.4, 0.5) is 0 Å². The minimum Gasteiger partial charge on any atom is -0.278 e. The van der Waals surface area contributed by atoms with Crippen molar-refractivity contribution in [2.24, 2.45) is 23.7 Å². The summed E-state index contributed by atoms with van der Waals surface area (Å²) in [4.78, 5) is 26.6. The van der Waals surface area contributed by atoms with Crippen molar-refractivity contribution in [3.63, 3.8) is 0 Å². The molecule has 2 aliphatic carbocycles. The Labute approximate surface area is 118 Å². The molecule has 4 unspecified atom stereocenters. The molecule has 0 N–H and O–H groups in total. The topological polar surface area (TPSA) is 37.4 Å². The molecule has 102 valence electrons. The highest BCUT2D eigenvalue weighted by Crippen LogP contribution is 2.52. The van der Waals surface area contributed by atoms with Crippen molar-refractivity contribution < 1.29 is 9.59 Å². The molecule has 1 aromatic carbocycles. The van der Waals surface area contributed by atoms with E-state index < -0.39 is 0 Å². The van der Waals surface area contributed by atoms with Gasteiger partial charge in [0, 0.05) is 0 Å². The molecule has 0 radical (unpaired) electrons. The maximum Gasteiger partial charge on any atom is 0.234 e. The van der Waals surface area contributed by atoms with Gasteiger partial charge in [-0.25, -0.2) is 0 Å². The van der Waals surface area contributed by atoms with Gasteiger partial charge in [-0.3, -0.25) is 14.5 Å². The number of nitrogens with zero attached hydrogens (tertiary/aromatic N) is 1. The fraction of sp³-hybridized carbons (Fsp3) is 0.412. The van der Waals surface area contributed by atoms with E-state index in [-0.39, 0.29) is 23.7 Å². The molecule has 3 heteroatoms. The number of carbonyl (C=O) groups is 2. The first kappa shape index (κ1) is 11.9. The fourth-order valence-corrected chi connectivity index (χ4v) is 4.11. The van der Waals surface area contributed by atoms with Crippen LogP contribution in [0.2, 0.25) is 0 Å². The van der Waals surface area contributed by atoms with Crippen molar-refractivity contribution in [1.82, 2.24) is 4.90 Å². The predicted octanol–water partition coefficient (Wildman–Crippen LogP) is 2.30. The lowest BCUT2D eigenvalue weighted by Crippen LogP contribution is -2.32. The Morgan fingerprint density at radius 3 is 2.35 bits per heavy atom. The summed E-state index contributed by atoms with van der Waals surface area (Å²) in [5, 5.41) is 0. The monoisotopic (exact) mass is 267 g/mol. The highest BCUT2D eigenvalue weighted by Gasteiger charge is 2.59. The van der Waals surface area contributed by atoms with Crippen LogP contribution in [0, 0.1) is 30.6 Å². The van der Waals surface area contributed by atoms with Crippen LogP contribution in [0.15, 0.2) is 36.4 Å². The van der Waals surface area contributed by atoms with Gasteiger partial charge in [-0.1, -0.05) is 42.0 Å². The van der Waals surface area contributed by atoms with E-state index in [2.05, 4.69) is 12.2 Å². The van der Waals surface area contributed by atoms with Crippen molar-refractivity contribution in [3.05, 3.63) is 47.5 Å². The summed E-state index contributed by atoms with van der Waals surface area (Å²) in [6, 6.07) is 8.02. The minimum atomic E-state index is -0.0812. The lowest BCUT2D eigenvalue weighted by atomic mass is 9.85. The van der Waals surface area contributed by atoms with E-state index in [0.29, 0.717) is 18.4 Å². The van der Waals surface area contributed by atoms with Gasteiger partial charge in [-0.05, 0) is 30.7 Å². The van der Waals surface area contributed by atoms with Gasteiger partial charge in [-0.2, -0.15) is 0 Å². The Balaban J connectivity index is 1.62. The smallest absolute Gasteiger partial charge is 0.234 e. The van der Waals surface area contributed by atoms with Gasteiger partial charge in [0.25, 0.3) is 0 Å². The average Bonchev–Trinajstić information content (AvgIpc) is 3.09. The van der Waals surface area contributed by atoms with Crippen LogP contribution < -0.4 is 0 Å². The molecule has 1 saturated heterocycles. The van der Waals surface area contributed by atoms with E-state index in [4.69, 9.17) is 0 Å². The number of hydrogen-bond acceptors (Lipinski definition) is 2. The number of rotatable bonds is 2. The van der Waals surface area contributed by atoms with Crippen molar-refractivity contribution in [3.8, 4) is 0 Å². The van der Waals surface area contributed by atoms with E-state index in [1.807, 2.05) is 31.2 Å². The molecule has 4 atom stereocenters. The summed E-state index contributed by atoms with van der Waals surface area (Å²) in [6.45, 7) is 2.45. The molecule has 1 heterocycles. The summed E-state index contributed by atoms with van der Waals surface area (Å²) >= 11 is 0. The van der Waals surface area contributed by atoms with Crippen LogP contribution in [0.3, 0.4) is 0 Å². The molecule has 20 heavy (non-hydrogen) atoms. The Morgan fingerprint density at radius 2 is 1.75 bits per heavy atom. The van der Waals surface area contributed by atoms with Gasteiger partial charge < -0.3 is 0 Å². The highest BCUT2D eigenvalue weighted by molar-refractivity contribution is 6.06. The molecule has 3 nitrogen and oxygen atoms in total. The van der Waals surface area contributed by atoms with E-state index in [1.54, 1.807) is 0 Å². The number of carbonyl (C=O) groups excluding carboxylic acids is 2. The van der Waals surface area contributed by atoms with Crippen LogP contribution >= 0.6 is 0 Å². The lowest BCUT2D eigenvalue weighted by molar-refractivity contribution is -0.141. The summed E-state index contributed by atoms with van der Waals surface area (Å²) < 4.78 is 0. The molecule has 2 bridgehead atoms. The van der Waals surface area contributed by atoms with E-state index in [1.165, 1.54) is 4.90 Å². The first-order chi connectivity index (χ1) is 9.65. The zero-order valence-electron chi connectivity index (χ0n) is 11.5. The molecule has 0 aromatic heterocycles. The molecule has 2 fully saturated rings. The number of allylic oxidation sites excluding steroid dienone is 2. The average molecular weight is 267 g/mol. The van der Waals surface area contributed by atoms with Crippen LogP contribution in [0.5, 0.6) is 0 Å². The SMILES string of the molecule is Cc1cccc(CN2C(=O)C3C4C=CC(C4)C3C2=O)c1. The number of hydrogen-bond donors (Lipinski definition) is 0. The van der Waals surface area contributed by atoms with Crippen LogP contribution in [-0.2, 0) is 16.1 Å². The van der Waals surface area contributed by atoms with Gasteiger partial charge in [0.05, 0.1) is 18.4 Å². The van der Waals surface area contributed by atoms with E-state index in [9.17, 15) is 9.59 Å². The van der Waals surface area contributed by atoms with E-state index in [0.717, 1.165) is 17.5 Å². The summed E-state index contributed by atoms with van der Waals surface area (Å²) in [7, 11) is 0. The van der Waals surface area contributed by atoms with Crippen molar-refractivity contribution >= 4 is 11.8 Å². The third-order valence-corrected chi connectivity index (χ3v) is 4.98. The predicted molar refractivity (Wildman–Crippen MR) is 74.5 cm³/mol. The second-order valence-electron chi connectivity index (χ2n) is 6.25. The molecule has 1 saturated carbocycles. The molecule has 2 amide bonds. The van der Waals surface area contributed by atoms with Crippen molar-refractivity contribution in [2.75, 3.05) is 0 Å². The number of benzene rings is 1. The summed E-state index contributed by atoms with van der Waals surface area (Å²) in [5.41, 5.74) is 2.19. The molecule has 4 rings (SSSR count). The van der Waals surface area contributed by atoms with Gasteiger partial charge in [0.1, 0.15) is 0 Å². The van der Waals surface area contributed by atoms with Crippen LogP contribution in [0.1, 0.15) is 17.5 Å². The number of aryl methyl sites for hydroxylation is 1. The van der Waals surface area contributed by atoms with E-state index >= 15 is 0 Å². The van der Waals surface area contributed by atoms with Crippen LogP contribution in [-0.4, -0.2) is 16.7 Å². The van der Waals surface area contributed by atoms with Crippen LogP contribution in [0.25, 0.3) is 0 Å². The zero-order chi connectivity index (χ0) is 13.9. The highest BCUT2D eigenvalue weighted by atomic mass is 16.2. The molecular formula is C17H17NO2. The number of fused-ring (bicyclic) bond motifs is 5. The summed E-state index contributed by atoms with van der Waals surface area (Å²) in [6.07, 6.45) is 5.26. The Morgan fingerprint density at radius 1 is 1.10 bits per heavy atom. The second kappa shape index (κ2) is 4.05. The Kier molecular flexibility index (Phi) is 2.40. The standard InChI is InChI=1S/C17H17NO2/c1-10-3-2-4-11(7-10)9-18-16(19)14-12-5-6-13(8-12)15(14)17(18)20/h2-7,12-15H,8-9H2,1H3. The largest absolute Gasteiger partial charge is 0.278 e. The first-order valence-electron chi connectivity index (χ1n) is 7.24. The van der Waals surface area contributed by atoms with Crippen molar-refractivity contribution in [2.45, 2.75) is 19.9 Å². The first-order valence-corrected chi connectivity index (χ1v) is 7.24. The third-order valence-electron chi connectivity index (χ3n) is 4.98. The van der Waals surface area contributed by atoms with Gasteiger partial charge in [0.15, 0.2) is 0 Å². The quantitative estimate of drug-likeness (QED) is 0.609. The zero-order valence-corrected chi connectivity index (χ0v) is 11.5.